The maximum Gasteiger partial charge on any atom is 0.402 e. The number of carbonyl (C=O) groups excluding carboxylic acids is 1. The lowest BCUT2D eigenvalue weighted by atomic mass is 10.1. The summed E-state index contributed by atoms with van der Waals surface area (Å²) in [6.45, 7) is -2.39. The number of rotatable bonds is 9. The second-order valence-corrected chi connectivity index (χ2v) is 12.5. The molecule has 1 atom stereocenters. The molecular weight excluding hydrogens is 536 g/mol. The summed E-state index contributed by atoms with van der Waals surface area (Å²) >= 11 is 0.907. The van der Waals surface area contributed by atoms with Gasteiger partial charge in [0, 0.05) is 25.1 Å². The SMILES string of the molecule is CS(=O)(=O)C(C(=O)NCCS(=O)(=O)NCC(F)(F)F)c1nc2ccc(-c3ccnc(F)c3)cc2s1. The summed E-state index contributed by atoms with van der Waals surface area (Å²) in [5.41, 5.74) is 1.50. The van der Waals surface area contributed by atoms with Crippen molar-refractivity contribution >= 4 is 47.3 Å². The third kappa shape index (κ3) is 7.39. The smallest absolute Gasteiger partial charge is 0.354 e. The van der Waals surface area contributed by atoms with E-state index in [0.717, 1.165) is 17.6 Å². The molecular formula is C19H18F4N4O5S3. The van der Waals surface area contributed by atoms with Crippen LogP contribution in [0.4, 0.5) is 17.6 Å². The molecule has 1 amide bonds. The minimum absolute atomic E-state index is 0.0869. The Labute approximate surface area is 201 Å². The quantitative estimate of drug-likeness (QED) is 0.306. The highest BCUT2D eigenvalue weighted by Gasteiger charge is 2.34. The molecule has 1 unspecified atom stereocenters. The number of fused-ring (bicyclic) bond motifs is 1. The van der Waals surface area contributed by atoms with Gasteiger partial charge in [0.15, 0.2) is 15.1 Å². The average molecular weight is 555 g/mol. The first-order valence-corrected chi connectivity index (χ1v) is 14.1. The van der Waals surface area contributed by atoms with Crippen LogP contribution in [0.15, 0.2) is 36.5 Å². The van der Waals surface area contributed by atoms with Gasteiger partial charge in [-0.2, -0.15) is 17.6 Å². The molecule has 35 heavy (non-hydrogen) atoms. The van der Waals surface area contributed by atoms with Gasteiger partial charge in [-0.1, -0.05) is 6.07 Å². The van der Waals surface area contributed by atoms with E-state index in [2.05, 4.69) is 15.3 Å². The molecule has 0 saturated heterocycles. The second-order valence-electron chi connectivity index (χ2n) is 7.36. The normalized spacial score (nSPS) is 13.6. The Bertz CT molecular complexity index is 1460. The molecule has 1 aromatic carbocycles. The molecule has 3 aromatic rings. The summed E-state index contributed by atoms with van der Waals surface area (Å²) in [6.07, 6.45) is -2.66. The minimum atomic E-state index is -4.75. The number of hydrogen-bond donors (Lipinski definition) is 2. The van der Waals surface area contributed by atoms with Crippen molar-refractivity contribution in [3.05, 3.63) is 47.5 Å². The molecule has 190 valence electrons. The van der Waals surface area contributed by atoms with Gasteiger partial charge < -0.3 is 5.32 Å². The number of nitrogens with one attached hydrogen (secondary N) is 2. The van der Waals surface area contributed by atoms with Crippen molar-refractivity contribution in [2.75, 3.05) is 25.1 Å². The zero-order valence-corrected chi connectivity index (χ0v) is 20.3. The lowest BCUT2D eigenvalue weighted by Crippen LogP contribution is -2.40. The van der Waals surface area contributed by atoms with E-state index >= 15 is 0 Å². The van der Waals surface area contributed by atoms with E-state index in [1.54, 1.807) is 24.3 Å². The summed E-state index contributed by atoms with van der Waals surface area (Å²) in [7, 11) is -8.43. The Kier molecular flexibility index (Phi) is 7.78. The van der Waals surface area contributed by atoms with Crippen LogP contribution in [0.5, 0.6) is 0 Å². The van der Waals surface area contributed by atoms with Crippen LogP contribution in [0.2, 0.25) is 0 Å². The number of hydrogen-bond acceptors (Lipinski definition) is 8. The van der Waals surface area contributed by atoms with Crippen LogP contribution in [0.3, 0.4) is 0 Å². The molecule has 3 rings (SSSR count). The van der Waals surface area contributed by atoms with E-state index in [1.165, 1.54) is 17.0 Å². The third-order valence-corrected chi connectivity index (χ3v) is 8.37. The predicted octanol–water partition coefficient (Wildman–Crippen LogP) is 2.18. The lowest BCUT2D eigenvalue weighted by Gasteiger charge is -2.13. The van der Waals surface area contributed by atoms with Gasteiger partial charge in [-0.3, -0.25) is 4.79 Å². The van der Waals surface area contributed by atoms with Gasteiger partial charge in [0.05, 0.1) is 16.0 Å². The number of sulfonamides is 1. The highest BCUT2D eigenvalue weighted by Crippen LogP contribution is 2.33. The lowest BCUT2D eigenvalue weighted by molar-refractivity contribution is -0.122. The molecule has 0 aliphatic carbocycles. The van der Waals surface area contributed by atoms with Crippen LogP contribution in [0, 0.1) is 5.95 Å². The number of halogens is 4. The monoisotopic (exact) mass is 554 g/mol. The van der Waals surface area contributed by atoms with Gasteiger partial charge in [-0.05, 0) is 29.3 Å². The van der Waals surface area contributed by atoms with Gasteiger partial charge in [0.25, 0.3) is 0 Å². The largest absolute Gasteiger partial charge is 0.402 e. The first-order chi connectivity index (χ1) is 16.1. The van der Waals surface area contributed by atoms with Gasteiger partial charge >= 0.3 is 6.18 Å². The molecule has 0 spiro atoms. The average Bonchev–Trinajstić information content (AvgIpc) is 3.13. The van der Waals surface area contributed by atoms with E-state index < -0.39 is 62.0 Å². The summed E-state index contributed by atoms with van der Waals surface area (Å²) in [5.74, 6) is -2.65. The number of sulfone groups is 1. The Morgan fingerprint density at radius 1 is 1.11 bits per heavy atom. The zero-order valence-electron chi connectivity index (χ0n) is 17.8. The Morgan fingerprint density at radius 2 is 1.80 bits per heavy atom. The number of alkyl halides is 3. The van der Waals surface area contributed by atoms with E-state index in [0.29, 0.717) is 21.3 Å². The fraction of sp³-hybridized carbons (Fsp3) is 0.316. The zero-order chi connectivity index (χ0) is 26.0. The second kappa shape index (κ2) is 10.1. The predicted molar refractivity (Wildman–Crippen MR) is 121 cm³/mol. The molecule has 0 radical (unpaired) electrons. The van der Waals surface area contributed by atoms with Crippen molar-refractivity contribution in [3.8, 4) is 11.1 Å². The number of nitrogens with zero attached hydrogens (tertiary/aromatic N) is 2. The molecule has 9 nitrogen and oxygen atoms in total. The van der Waals surface area contributed by atoms with Crippen molar-refractivity contribution in [2.24, 2.45) is 0 Å². The summed E-state index contributed by atoms with van der Waals surface area (Å²) in [4.78, 5) is 20.3. The number of carbonyl (C=O) groups is 1. The maximum absolute atomic E-state index is 13.4. The Balaban J connectivity index is 1.79. The molecule has 2 heterocycles. The van der Waals surface area contributed by atoms with Gasteiger partial charge in [-0.25, -0.2) is 31.5 Å². The molecule has 16 heteroatoms. The standard InChI is InChI=1S/C19H18F4N4O5S3/c1-34(29,30)16(17(28)25-6-7-35(31,32)26-10-19(21,22)23)18-27-13-3-2-11(8-14(13)33-18)12-4-5-24-15(20)9-12/h2-5,8-9,16,26H,6-7,10H2,1H3,(H,25,28). The summed E-state index contributed by atoms with van der Waals surface area (Å²) in [6, 6.07) is 7.64. The fourth-order valence-corrected chi connectivity index (χ4v) is 6.42. The maximum atomic E-state index is 13.4. The Hall–Kier alpha value is -2.69. The number of benzene rings is 1. The van der Waals surface area contributed by atoms with E-state index in [9.17, 15) is 39.2 Å². The Morgan fingerprint density at radius 3 is 2.43 bits per heavy atom. The van der Waals surface area contributed by atoms with Crippen LogP contribution < -0.4 is 10.0 Å². The van der Waals surface area contributed by atoms with Crippen LogP contribution in [0.1, 0.15) is 10.3 Å². The first-order valence-electron chi connectivity index (χ1n) is 9.68. The molecule has 0 bridgehead atoms. The first kappa shape index (κ1) is 26.9. The van der Waals surface area contributed by atoms with Crippen molar-refractivity contribution < 1.29 is 39.2 Å². The number of amides is 1. The highest BCUT2D eigenvalue weighted by molar-refractivity contribution is 7.91. The molecule has 2 aromatic heterocycles. The van der Waals surface area contributed by atoms with E-state index in [4.69, 9.17) is 0 Å². The van der Waals surface area contributed by atoms with Crippen molar-refractivity contribution in [2.45, 2.75) is 11.4 Å². The van der Waals surface area contributed by atoms with Gasteiger partial charge in [0.2, 0.25) is 21.9 Å². The fourth-order valence-electron chi connectivity index (χ4n) is 2.97. The highest BCUT2D eigenvalue weighted by atomic mass is 32.2. The van der Waals surface area contributed by atoms with Crippen molar-refractivity contribution in [1.82, 2.24) is 20.0 Å². The van der Waals surface area contributed by atoms with E-state index in [-0.39, 0.29) is 5.01 Å². The van der Waals surface area contributed by atoms with Crippen LogP contribution in [-0.4, -0.2) is 64.0 Å². The molecule has 0 fully saturated rings. The number of pyridine rings is 1. The van der Waals surface area contributed by atoms with Crippen molar-refractivity contribution in [3.63, 3.8) is 0 Å². The summed E-state index contributed by atoms with van der Waals surface area (Å²) < 4.78 is 99.9. The molecule has 0 aliphatic heterocycles. The van der Waals surface area contributed by atoms with Crippen molar-refractivity contribution in [1.29, 1.82) is 0 Å². The van der Waals surface area contributed by atoms with E-state index in [1.807, 2.05) is 0 Å². The molecule has 0 aliphatic rings. The van der Waals surface area contributed by atoms with Crippen LogP contribution in [0.25, 0.3) is 21.3 Å². The van der Waals surface area contributed by atoms with Crippen LogP contribution >= 0.6 is 11.3 Å². The van der Waals surface area contributed by atoms with Gasteiger partial charge in [0.1, 0.15) is 11.6 Å². The third-order valence-electron chi connectivity index (χ3n) is 4.52. The number of thiazole rings is 1. The molecule has 2 N–H and O–H groups in total. The number of aromatic nitrogens is 2. The van der Waals surface area contributed by atoms with Crippen LogP contribution in [-0.2, 0) is 24.7 Å². The summed E-state index contributed by atoms with van der Waals surface area (Å²) in [5, 5.41) is 0.271. The minimum Gasteiger partial charge on any atom is -0.354 e. The topological polar surface area (TPSA) is 135 Å². The molecule has 0 saturated carbocycles. The van der Waals surface area contributed by atoms with Gasteiger partial charge in [-0.15, -0.1) is 11.3 Å².